The fourth-order valence-corrected chi connectivity index (χ4v) is 4.94. The Labute approximate surface area is 228 Å². The number of carbonyl (C=O) groups is 2. The lowest BCUT2D eigenvalue weighted by Gasteiger charge is -2.32. The van der Waals surface area contributed by atoms with Gasteiger partial charge >= 0.3 is 0 Å². The van der Waals surface area contributed by atoms with Crippen molar-refractivity contribution in [2.24, 2.45) is 0 Å². The molecule has 2 aliphatic heterocycles. The van der Waals surface area contributed by atoms with Crippen LogP contribution >= 0.6 is 0 Å². The van der Waals surface area contributed by atoms with Gasteiger partial charge in [-0.05, 0) is 29.8 Å². The van der Waals surface area contributed by atoms with Gasteiger partial charge in [-0.1, -0.05) is 36.3 Å². The summed E-state index contributed by atoms with van der Waals surface area (Å²) >= 11 is 0. The molecule has 1 aromatic heterocycles. The van der Waals surface area contributed by atoms with Gasteiger partial charge in [-0.25, -0.2) is 5.01 Å². The maximum absolute atomic E-state index is 13.6. The number of carbonyl (C=O) groups excluding carboxylic acids is 2. The molecule has 11 nitrogen and oxygen atoms in total. The van der Waals surface area contributed by atoms with Crippen LogP contribution in [0.25, 0.3) is 11.4 Å². The lowest BCUT2D eigenvalue weighted by atomic mass is 10.1. The number of hydrogen-bond acceptors (Lipinski definition) is 9. The minimum absolute atomic E-state index is 0.00352. The standard InChI is InChI=1S/C28H35N7O4/c1-4-29-10-11-30-25(36)17-34(18-26(37)33(3)35-15-21-7-5-6-8-22(21)16-35)24-14-23(28-31-19(2)39-32-28)13-20-9-12-38-27(20)24/h5-8,13-14,29H,4,9-12,15-18H2,1-3H3,(H,30,36). The molecular formula is C28H35N7O4. The van der Waals surface area contributed by atoms with Crippen LogP contribution in [0.1, 0.15) is 29.5 Å². The van der Waals surface area contributed by atoms with Crippen LogP contribution in [-0.4, -0.2) is 78.4 Å². The average Bonchev–Trinajstić information content (AvgIpc) is 3.69. The van der Waals surface area contributed by atoms with Gasteiger partial charge < -0.3 is 24.8 Å². The lowest BCUT2D eigenvalue weighted by Crippen LogP contribution is -2.48. The molecule has 0 bridgehead atoms. The predicted molar refractivity (Wildman–Crippen MR) is 146 cm³/mol. The first-order chi connectivity index (χ1) is 18.9. The lowest BCUT2D eigenvalue weighted by molar-refractivity contribution is -0.145. The number of fused-ring (bicyclic) bond motifs is 2. The number of likely N-dealkylation sites (N-methyl/N-ethyl adjacent to an activating group) is 2. The van der Waals surface area contributed by atoms with Crippen LogP contribution in [0.5, 0.6) is 5.75 Å². The first-order valence-electron chi connectivity index (χ1n) is 13.3. The van der Waals surface area contributed by atoms with Crippen molar-refractivity contribution in [1.82, 2.24) is 30.8 Å². The normalized spacial score (nSPS) is 14.0. The summed E-state index contributed by atoms with van der Waals surface area (Å²) in [5, 5.41) is 13.9. The third-order valence-electron chi connectivity index (χ3n) is 7.03. The summed E-state index contributed by atoms with van der Waals surface area (Å²) in [5.74, 6) is 1.30. The van der Waals surface area contributed by atoms with Gasteiger partial charge in [0.25, 0.3) is 5.91 Å². The number of rotatable bonds is 11. The average molecular weight is 534 g/mol. The molecule has 2 amide bonds. The quantitative estimate of drug-likeness (QED) is 0.357. The Morgan fingerprint density at radius 2 is 1.85 bits per heavy atom. The summed E-state index contributed by atoms with van der Waals surface area (Å²) in [6.45, 7) is 7.59. The van der Waals surface area contributed by atoms with E-state index in [2.05, 4.69) is 32.9 Å². The highest BCUT2D eigenvalue weighted by atomic mass is 16.5. The molecule has 0 spiro atoms. The fourth-order valence-electron chi connectivity index (χ4n) is 4.94. The molecule has 2 N–H and O–H groups in total. The van der Waals surface area contributed by atoms with Crippen molar-refractivity contribution in [3.8, 4) is 17.1 Å². The van der Waals surface area contributed by atoms with E-state index in [4.69, 9.17) is 9.26 Å². The fraction of sp³-hybridized carbons (Fsp3) is 0.429. The number of aryl methyl sites for hydroxylation is 1. The maximum Gasteiger partial charge on any atom is 0.256 e. The Hall–Kier alpha value is -3.96. The van der Waals surface area contributed by atoms with E-state index in [1.54, 1.807) is 23.9 Å². The van der Waals surface area contributed by atoms with Gasteiger partial charge in [-0.15, -0.1) is 0 Å². The van der Waals surface area contributed by atoms with E-state index in [-0.39, 0.29) is 24.9 Å². The summed E-state index contributed by atoms with van der Waals surface area (Å²) in [4.78, 5) is 32.8. The first-order valence-corrected chi connectivity index (χ1v) is 13.3. The maximum atomic E-state index is 13.6. The molecule has 0 saturated carbocycles. The van der Waals surface area contributed by atoms with E-state index in [1.807, 2.05) is 36.2 Å². The van der Waals surface area contributed by atoms with Crippen molar-refractivity contribution in [3.05, 3.63) is 59.0 Å². The number of nitrogens with one attached hydrogen (secondary N) is 2. The van der Waals surface area contributed by atoms with E-state index in [0.717, 1.165) is 24.1 Å². The zero-order chi connectivity index (χ0) is 27.4. The number of anilines is 1. The molecular weight excluding hydrogens is 498 g/mol. The number of nitrogens with zero attached hydrogens (tertiary/aromatic N) is 5. The summed E-state index contributed by atoms with van der Waals surface area (Å²) in [6.07, 6.45) is 0.718. The van der Waals surface area contributed by atoms with Crippen molar-refractivity contribution in [3.63, 3.8) is 0 Å². The van der Waals surface area contributed by atoms with Crippen molar-refractivity contribution in [2.45, 2.75) is 33.4 Å². The zero-order valence-corrected chi connectivity index (χ0v) is 22.7. The summed E-state index contributed by atoms with van der Waals surface area (Å²) < 4.78 is 11.2. The first kappa shape index (κ1) is 26.6. The van der Waals surface area contributed by atoms with Gasteiger partial charge in [0.2, 0.25) is 17.6 Å². The Morgan fingerprint density at radius 1 is 1.08 bits per heavy atom. The van der Waals surface area contributed by atoms with E-state index in [0.29, 0.717) is 55.9 Å². The highest BCUT2D eigenvalue weighted by Crippen LogP contribution is 2.40. The van der Waals surface area contributed by atoms with Gasteiger partial charge in [0.1, 0.15) is 5.75 Å². The smallest absolute Gasteiger partial charge is 0.256 e. The second-order valence-corrected chi connectivity index (χ2v) is 9.79. The van der Waals surface area contributed by atoms with E-state index < -0.39 is 0 Å². The largest absolute Gasteiger partial charge is 0.491 e. The van der Waals surface area contributed by atoms with Crippen LogP contribution in [0, 0.1) is 6.92 Å². The molecule has 0 fully saturated rings. The van der Waals surface area contributed by atoms with Crippen LogP contribution in [0.2, 0.25) is 0 Å². The molecule has 2 aliphatic rings. The van der Waals surface area contributed by atoms with E-state index >= 15 is 0 Å². The van der Waals surface area contributed by atoms with Crippen LogP contribution in [-0.2, 0) is 29.1 Å². The topological polar surface area (TPSA) is 116 Å². The Kier molecular flexibility index (Phi) is 8.08. The van der Waals surface area contributed by atoms with Crippen LogP contribution in [0.4, 0.5) is 5.69 Å². The predicted octanol–water partition coefficient (Wildman–Crippen LogP) is 1.90. The highest BCUT2D eigenvalue weighted by Gasteiger charge is 2.29. The monoisotopic (exact) mass is 533 g/mol. The molecule has 0 saturated heterocycles. The van der Waals surface area contributed by atoms with Crippen molar-refractivity contribution < 1.29 is 18.8 Å². The molecule has 0 unspecified atom stereocenters. The molecule has 39 heavy (non-hydrogen) atoms. The number of aromatic nitrogens is 2. The van der Waals surface area contributed by atoms with Gasteiger partial charge in [-0.3, -0.25) is 14.6 Å². The number of hydrogen-bond donors (Lipinski definition) is 2. The van der Waals surface area contributed by atoms with Crippen molar-refractivity contribution in [2.75, 3.05) is 51.3 Å². The van der Waals surface area contributed by atoms with Gasteiger partial charge in [0.05, 0.1) is 25.4 Å². The van der Waals surface area contributed by atoms with Crippen LogP contribution < -0.4 is 20.3 Å². The molecule has 3 aromatic rings. The van der Waals surface area contributed by atoms with Gasteiger partial charge in [-0.2, -0.15) is 4.98 Å². The molecule has 0 atom stereocenters. The van der Waals surface area contributed by atoms with Gasteiger partial charge in [0, 0.05) is 57.7 Å². The minimum Gasteiger partial charge on any atom is -0.491 e. The number of hydrazine groups is 1. The second kappa shape index (κ2) is 11.8. The SMILES string of the molecule is CCNCCNC(=O)CN(CC(=O)N(C)N1Cc2ccccc2C1)c1cc(-c2noc(C)n2)cc2c1OCC2. The molecule has 0 aliphatic carbocycles. The summed E-state index contributed by atoms with van der Waals surface area (Å²) in [5.41, 5.74) is 4.82. The molecule has 11 heteroatoms. The zero-order valence-electron chi connectivity index (χ0n) is 22.7. The van der Waals surface area contributed by atoms with Crippen molar-refractivity contribution in [1.29, 1.82) is 0 Å². The number of ether oxygens (including phenoxy) is 1. The second-order valence-electron chi connectivity index (χ2n) is 9.79. The summed E-state index contributed by atoms with van der Waals surface area (Å²) in [6, 6.07) is 12.1. The Bertz CT molecular complexity index is 1320. The van der Waals surface area contributed by atoms with Crippen LogP contribution in [0.15, 0.2) is 40.9 Å². The van der Waals surface area contributed by atoms with Gasteiger partial charge in [0.15, 0.2) is 0 Å². The number of benzene rings is 2. The molecule has 2 aromatic carbocycles. The summed E-state index contributed by atoms with van der Waals surface area (Å²) in [7, 11) is 1.78. The van der Waals surface area contributed by atoms with Crippen LogP contribution in [0.3, 0.4) is 0 Å². The Balaban J connectivity index is 1.40. The molecule has 3 heterocycles. The van der Waals surface area contributed by atoms with E-state index in [1.165, 1.54) is 11.1 Å². The minimum atomic E-state index is -0.176. The highest BCUT2D eigenvalue weighted by molar-refractivity contribution is 5.88. The molecule has 5 rings (SSSR count). The third-order valence-corrected chi connectivity index (χ3v) is 7.03. The third kappa shape index (κ3) is 6.04. The van der Waals surface area contributed by atoms with E-state index in [9.17, 15) is 9.59 Å². The van der Waals surface area contributed by atoms with Crippen molar-refractivity contribution >= 4 is 17.5 Å². The number of amides is 2. The molecule has 206 valence electrons. The molecule has 0 radical (unpaired) electrons. The Morgan fingerprint density at radius 3 is 2.54 bits per heavy atom.